The van der Waals surface area contributed by atoms with Crippen molar-refractivity contribution in [3.63, 3.8) is 0 Å². The van der Waals surface area contributed by atoms with E-state index in [1.807, 2.05) is 6.92 Å². The summed E-state index contributed by atoms with van der Waals surface area (Å²) in [6.07, 6.45) is 3.95. The molecule has 0 fully saturated rings. The Labute approximate surface area is 121 Å². The van der Waals surface area contributed by atoms with E-state index >= 15 is 0 Å². The van der Waals surface area contributed by atoms with Gasteiger partial charge in [0.25, 0.3) is 0 Å². The van der Waals surface area contributed by atoms with Gasteiger partial charge in [-0.2, -0.15) is 0 Å². The van der Waals surface area contributed by atoms with Gasteiger partial charge in [0.1, 0.15) is 11.6 Å². The van der Waals surface area contributed by atoms with Gasteiger partial charge in [-0.1, -0.05) is 18.5 Å². The summed E-state index contributed by atoms with van der Waals surface area (Å²) >= 11 is 6.12. The predicted molar refractivity (Wildman–Crippen MR) is 75.7 cm³/mol. The van der Waals surface area contributed by atoms with E-state index in [1.54, 1.807) is 12.3 Å². The average Bonchev–Trinajstić information content (AvgIpc) is 2.44. The van der Waals surface area contributed by atoms with Crippen molar-refractivity contribution in [3.05, 3.63) is 64.4 Å². The highest BCUT2D eigenvalue weighted by Gasteiger charge is 2.20. The zero-order valence-electron chi connectivity index (χ0n) is 11.0. The van der Waals surface area contributed by atoms with E-state index in [-0.39, 0.29) is 5.56 Å². The minimum Gasteiger partial charge on any atom is -0.306 e. The SMILES string of the molecule is CCCNC(c1cc(F)ccc1F)c1ccncc1Cl. The van der Waals surface area contributed by atoms with E-state index in [2.05, 4.69) is 10.3 Å². The molecule has 106 valence electrons. The molecule has 20 heavy (non-hydrogen) atoms. The molecule has 0 aliphatic rings. The summed E-state index contributed by atoms with van der Waals surface area (Å²) in [6.45, 7) is 2.67. The molecule has 1 N–H and O–H groups in total. The molecule has 2 rings (SSSR count). The zero-order chi connectivity index (χ0) is 14.5. The second kappa shape index (κ2) is 6.77. The summed E-state index contributed by atoms with van der Waals surface area (Å²) in [5.74, 6) is -0.942. The molecule has 5 heteroatoms. The van der Waals surface area contributed by atoms with Crippen molar-refractivity contribution in [2.45, 2.75) is 19.4 Å². The Bertz CT molecular complexity index is 590. The third-order valence-corrected chi connectivity index (χ3v) is 3.30. The first kappa shape index (κ1) is 14.9. The van der Waals surface area contributed by atoms with E-state index in [1.165, 1.54) is 12.3 Å². The Balaban J connectivity index is 2.47. The third-order valence-electron chi connectivity index (χ3n) is 2.98. The number of benzene rings is 1. The normalized spacial score (nSPS) is 12.4. The molecule has 0 aliphatic carbocycles. The lowest BCUT2D eigenvalue weighted by Crippen LogP contribution is -2.24. The summed E-state index contributed by atoms with van der Waals surface area (Å²) in [5, 5.41) is 3.61. The molecule has 0 aliphatic heterocycles. The maximum absolute atomic E-state index is 14.0. The maximum atomic E-state index is 14.0. The minimum absolute atomic E-state index is 0.242. The number of hydrogen-bond donors (Lipinski definition) is 1. The molecule has 1 unspecified atom stereocenters. The standard InChI is InChI=1S/C15H15ClF2N2/c1-2-6-20-15(11-5-7-19-9-13(11)16)12-8-10(17)3-4-14(12)18/h3-5,7-9,15,20H,2,6H2,1H3. The summed E-state index contributed by atoms with van der Waals surface area (Å²) in [5.41, 5.74) is 0.922. The fourth-order valence-corrected chi connectivity index (χ4v) is 2.26. The summed E-state index contributed by atoms with van der Waals surface area (Å²) in [6, 6.07) is 4.63. The summed E-state index contributed by atoms with van der Waals surface area (Å²) in [7, 11) is 0. The van der Waals surface area contributed by atoms with Crippen LogP contribution in [0.3, 0.4) is 0 Å². The summed E-state index contributed by atoms with van der Waals surface area (Å²) < 4.78 is 27.4. The number of pyridine rings is 1. The van der Waals surface area contributed by atoms with Crippen molar-refractivity contribution < 1.29 is 8.78 Å². The molecule has 2 nitrogen and oxygen atoms in total. The Morgan fingerprint density at radius 2 is 2.05 bits per heavy atom. The van der Waals surface area contributed by atoms with Crippen molar-refractivity contribution in [2.75, 3.05) is 6.54 Å². The first-order valence-electron chi connectivity index (χ1n) is 6.41. The van der Waals surface area contributed by atoms with E-state index in [0.717, 1.165) is 18.6 Å². The van der Waals surface area contributed by atoms with Crippen LogP contribution in [0.25, 0.3) is 0 Å². The van der Waals surface area contributed by atoms with Gasteiger partial charge >= 0.3 is 0 Å². The lowest BCUT2D eigenvalue weighted by atomic mass is 9.98. The van der Waals surface area contributed by atoms with Crippen LogP contribution in [0, 0.1) is 11.6 Å². The van der Waals surface area contributed by atoms with Gasteiger partial charge in [0.05, 0.1) is 11.1 Å². The highest BCUT2D eigenvalue weighted by Crippen LogP contribution is 2.29. The fourth-order valence-electron chi connectivity index (χ4n) is 2.03. The van der Waals surface area contributed by atoms with Gasteiger partial charge in [0.2, 0.25) is 0 Å². The number of nitrogens with zero attached hydrogens (tertiary/aromatic N) is 1. The van der Waals surface area contributed by atoms with Crippen LogP contribution in [0.4, 0.5) is 8.78 Å². The quantitative estimate of drug-likeness (QED) is 0.898. The molecule has 1 aromatic heterocycles. The third kappa shape index (κ3) is 3.32. The first-order valence-corrected chi connectivity index (χ1v) is 6.79. The highest BCUT2D eigenvalue weighted by atomic mass is 35.5. The maximum Gasteiger partial charge on any atom is 0.128 e. The molecule has 2 aromatic rings. The van der Waals surface area contributed by atoms with Crippen LogP contribution in [-0.2, 0) is 0 Å². The van der Waals surface area contributed by atoms with Gasteiger partial charge in [-0.05, 0) is 42.8 Å². The molecule has 0 amide bonds. The number of hydrogen-bond acceptors (Lipinski definition) is 2. The molecular weight excluding hydrogens is 282 g/mol. The highest BCUT2D eigenvalue weighted by molar-refractivity contribution is 6.31. The molecule has 0 radical (unpaired) electrons. The zero-order valence-corrected chi connectivity index (χ0v) is 11.8. The minimum atomic E-state index is -0.499. The lowest BCUT2D eigenvalue weighted by Gasteiger charge is -2.21. The molecule has 0 bridgehead atoms. The van der Waals surface area contributed by atoms with Crippen molar-refractivity contribution in [1.82, 2.24) is 10.3 Å². The Morgan fingerprint density at radius 1 is 1.25 bits per heavy atom. The van der Waals surface area contributed by atoms with Gasteiger partial charge in [0.15, 0.2) is 0 Å². The number of aromatic nitrogens is 1. The molecule has 1 heterocycles. The van der Waals surface area contributed by atoms with Crippen LogP contribution < -0.4 is 5.32 Å². The second-order valence-corrected chi connectivity index (χ2v) is 4.86. The van der Waals surface area contributed by atoms with E-state index in [4.69, 9.17) is 11.6 Å². The Kier molecular flexibility index (Phi) is 5.04. The van der Waals surface area contributed by atoms with Crippen LogP contribution in [0.5, 0.6) is 0 Å². The van der Waals surface area contributed by atoms with Crippen molar-refractivity contribution in [1.29, 1.82) is 0 Å². The molecule has 1 aromatic carbocycles. The average molecular weight is 297 g/mol. The van der Waals surface area contributed by atoms with Gasteiger partial charge in [0, 0.05) is 18.0 Å². The van der Waals surface area contributed by atoms with Gasteiger partial charge in [-0.3, -0.25) is 4.98 Å². The fraction of sp³-hybridized carbons (Fsp3) is 0.267. The van der Waals surface area contributed by atoms with Crippen LogP contribution in [0.2, 0.25) is 5.02 Å². The van der Waals surface area contributed by atoms with Gasteiger partial charge in [-0.25, -0.2) is 8.78 Å². The number of halogens is 3. The largest absolute Gasteiger partial charge is 0.306 e. The molecular formula is C15H15ClF2N2. The molecule has 0 saturated carbocycles. The monoisotopic (exact) mass is 296 g/mol. The second-order valence-electron chi connectivity index (χ2n) is 4.45. The lowest BCUT2D eigenvalue weighted by molar-refractivity contribution is 0.535. The predicted octanol–water partition coefficient (Wildman–Crippen LogP) is 4.10. The molecule has 0 saturated heterocycles. The molecule has 1 atom stereocenters. The van der Waals surface area contributed by atoms with Crippen LogP contribution in [0.15, 0.2) is 36.7 Å². The Morgan fingerprint density at radius 3 is 2.75 bits per heavy atom. The topological polar surface area (TPSA) is 24.9 Å². The summed E-state index contributed by atoms with van der Waals surface area (Å²) in [4.78, 5) is 3.91. The van der Waals surface area contributed by atoms with Crippen molar-refractivity contribution in [3.8, 4) is 0 Å². The van der Waals surface area contributed by atoms with Gasteiger partial charge in [-0.15, -0.1) is 0 Å². The van der Waals surface area contributed by atoms with Crippen molar-refractivity contribution >= 4 is 11.6 Å². The van der Waals surface area contributed by atoms with E-state index in [0.29, 0.717) is 17.1 Å². The van der Waals surface area contributed by atoms with Crippen LogP contribution in [0.1, 0.15) is 30.5 Å². The first-order chi connectivity index (χ1) is 9.63. The van der Waals surface area contributed by atoms with Crippen LogP contribution >= 0.6 is 11.6 Å². The number of rotatable bonds is 5. The van der Waals surface area contributed by atoms with Crippen LogP contribution in [-0.4, -0.2) is 11.5 Å². The Hall–Kier alpha value is -1.52. The van der Waals surface area contributed by atoms with Gasteiger partial charge < -0.3 is 5.32 Å². The smallest absolute Gasteiger partial charge is 0.128 e. The van der Waals surface area contributed by atoms with E-state index in [9.17, 15) is 8.78 Å². The number of nitrogens with one attached hydrogen (secondary N) is 1. The van der Waals surface area contributed by atoms with E-state index < -0.39 is 17.7 Å². The molecule has 0 spiro atoms. The van der Waals surface area contributed by atoms with Crippen molar-refractivity contribution in [2.24, 2.45) is 0 Å².